The largest absolute Gasteiger partial charge is 0.365 e. The second kappa shape index (κ2) is 5.84. The molecular formula is C17H16ClFN4O2. The van der Waals surface area contributed by atoms with Crippen LogP contribution in [0.15, 0.2) is 18.2 Å². The Labute approximate surface area is 148 Å². The molecule has 1 saturated carbocycles. The van der Waals surface area contributed by atoms with Crippen LogP contribution >= 0.6 is 11.6 Å². The smallest absolute Gasteiger partial charge is 0.252 e. The third kappa shape index (κ3) is 2.68. The minimum Gasteiger partial charge on any atom is -0.365 e. The molecule has 1 aromatic heterocycles. The van der Waals surface area contributed by atoms with E-state index in [2.05, 4.69) is 5.10 Å². The van der Waals surface area contributed by atoms with Gasteiger partial charge in [0.1, 0.15) is 11.5 Å². The molecule has 6 nitrogen and oxygen atoms in total. The summed E-state index contributed by atoms with van der Waals surface area (Å²) in [7, 11) is 0. The SMILES string of the molecule is NC(=O)c1c(-c2ccc(F)c(Cl)c2)nn2c1CN(C=O)C(C1CC1)C2. The van der Waals surface area contributed by atoms with Gasteiger partial charge in [0.05, 0.1) is 35.4 Å². The van der Waals surface area contributed by atoms with Crippen LogP contribution in [0.4, 0.5) is 4.39 Å². The van der Waals surface area contributed by atoms with Gasteiger partial charge in [0, 0.05) is 5.56 Å². The molecule has 2 aromatic rings. The molecule has 0 bridgehead atoms. The van der Waals surface area contributed by atoms with E-state index in [0.717, 1.165) is 19.3 Å². The fraction of sp³-hybridized carbons (Fsp3) is 0.353. The van der Waals surface area contributed by atoms with Crippen LogP contribution < -0.4 is 5.73 Å². The summed E-state index contributed by atoms with van der Waals surface area (Å²) in [5.74, 6) is -0.702. The Morgan fingerprint density at radius 2 is 2.16 bits per heavy atom. The second-order valence-electron chi connectivity index (χ2n) is 6.53. The summed E-state index contributed by atoms with van der Waals surface area (Å²) in [6, 6.07) is 4.24. The highest BCUT2D eigenvalue weighted by Crippen LogP contribution is 2.39. The van der Waals surface area contributed by atoms with Crippen molar-refractivity contribution in [2.75, 3.05) is 0 Å². The lowest BCUT2D eigenvalue weighted by molar-refractivity contribution is -0.122. The quantitative estimate of drug-likeness (QED) is 0.846. The molecule has 25 heavy (non-hydrogen) atoms. The maximum absolute atomic E-state index is 13.4. The van der Waals surface area contributed by atoms with E-state index >= 15 is 0 Å². The molecule has 1 aliphatic carbocycles. The number of carbonyl (C=O) groups is 2. The highest BCUT2D eigenvalue weighted by atomic mass is 35.5. The average molecular weight is 363 g/mol. The lowest BCUT2D eigenvalue weighted by Crippen LogP contribution is -2.44. The van der Waals surface area contributed by atoms with Crippen molar-refractivity contribution in [3.05, 3.63) is 40.3 Å². The molecule has 8 heteroatoms. The third-order valence-electron chi connectivity index (χ3n) is 4.92. The first-order chi connectivity index (χ1) is 12.0. The molecule has 1 atom stereocenters. The van der Waals surface area contributed by atoms with Crippen molar-refractivity contribution < 1.29 is 14.0 Å². The van der Waals surface area contributed by atoms with Crippen molar-refractivity contribution in [1.29, 1.82) is 0 Å². The summed E-state index contributed by atoms with van der Waals surface area (Å²) in [5, 5.41) is 4.48. The number of nitrogens with zero attached hydrogens (tertiary/aromatic N) is 3. The number of benzene rings is 1. The lowest BCUT2D eigenvalue weighted by atomic mass is 10.0. The second-order valence-corrected chi connectivity index (χ2v) is 6.94. The zero-order valence-corrected chi connectivity index (χ0v) is 14.0. The number of fused-ring (bicyclic) bond motifs is 1. The molecule has 2 N–H and O–H groups in total. The van der Waals surface area contributed by atoms with Crippen LogP contribution in [0, 0.1) is 11.7 Å². The Kier molecular flexibility index (Phi) is 3.76. The van der Waals surface area contributed by atoms with Gasteiger partial charge in [-0.05, 0) is 37.0 Å². The molecule has 2 heterocycles. The number of hydrogen-bond acceptors (Lipinski definition) is 3. The number of rotatable bonds is 4. The zero-order chi connectivity index (χ0) is 17.7. The average Bonchev–Trinajstić information content (AvgIpc) is 3.36. The standard InChI is InChI=1S/C17H16ClFN4O2/c18-11-5-10(3-4-12(11)19)16-15(17(20)25)14-6-22(8-24)13(9-1-2-9)7-23(14)21-16/h3-5,8-9,13H,1-2,6-7H2,(H2,20,25). The molecule has 2 amide bonds. The summed E-state index contributed by atoms with van der Waals surface area (Å²) >= 11 is 5.86. The number of amides is 2. The molecule has 4 rings (SSSR count). The number of carbonyl (C=O) groups excluding carboxylic acids is 2. The van der Waals surface area contributed by atoms with E-state index < -0.39 is 11.7 Å². The van der Waals surface area contributed by atoms with Crippen LogP contribution in [0.1, 0.15) is 28.9 Å². The van der Waals surface area contributed by atoms with E-state index in [1.807, 2.05) is 0 Å². The first-order valence-electron chi connectivity index (χ1n) is 8.05. The zero-order valence-electron chi connectivity index (χ0n) is 13.3. The first kappa shape index (κ1) is 16.1. The molecule has 1 fully saturated rings. The van der Waals surface area contributed by atoms with Crippen molar-refractivity contribution in [3.8, 4) is 11.3 Å². The van der Waals surface area contributed by atoms with Crippen LogP contribution in [0.5, 0.6) is 0 Å². The van der Waals surface area contributed by atoms with Crippen LogP contribution in [-0.4, -0.2) is 33.0 Å². The van der Waals surface area contributed by atoms with Gasteiger partial charge >= 0.3 is 0 Å². The van der Waals surface area contributed by atoms with Gasteiger partial charge < -0.3 is 10.6 Å². The summed E-state index contributed by atoms with van der Waals surface area (Å²) in [5.41, 5.74) is 7.32. The van der Waals surface area contributed by atoms with Crippen molar-refractivity contribution >= 4 is 23.9 Å². The van der Waals surface area contributed by atoms with Crippen LogP contribution in [-0.2, 0) is 17.9 Å². The Balaban J connectivity index is 1.83. The number of nitrogens with two attached hydrogens (primary N) is 1. The summed E-state index contributed by atoms with van der Waals surface area (Å²) in [4.78, 5) is 25.2. The topological polar surface area (TPSA) is 81.2 Å². The number of halogens is 2. The van der Waals surface area contributed by atoms with Crippen LogP contribution in [0.25, 0.3) is 11.3 Å². The lowest BCUT2D eigenvalue weighted by Gasteiger charge is -2.33. The monoisotopic (exact) mass is 362 g/mol. The summed E-state index contributed by atoms with van der Waals surface area (Å²) < 4.78 is 15.2. The maximum Gasteiger partial charge on any atom is 0.252 e. The van der Waals surface area contributed by atoms with Crippen molar-refractivity contribution in [1.82, 2.24) is 14.7 Å². The fourth-order valence-electron chi connectivity index (χ4n) is 3.50. The highest BCUT2D eigenvalue weighted by Gasteiger charge is 2.40. The summed E-state index contributed by atoms with van der Waals surface area (Å²) in [6.45, 7) is 0.804. The van der Waals surface area contributed by atoms with Gasteiger partial charge in [-0.2, -0.15) is 5.10 Å². The normalized spacial score (nSPS) is 19.6. The fourth-order valence-corrected chi connectivity index (χ4v) is 3.68. The molecule has 0 spiro atoms. The van der Waals surface area contributed by atoms with Crippen LogP contribution in [0.3, 0.4) is 0 Å². The molecule has 1 aliphatic heterocycles. The van der Waals surface area contributed by atoms with E-state index in [9.17, 15) is 14.0 Å². The number of aromatic nitrogens is 2. The van der Waals surface area contributed by atoms with E-state index in [0.29, 0.717) is 29.4 Å². The van der Waals surface area contributed by atoms with E-state index in [1.54, 1.807) is 9.58 Å². The van der Waals surface area contributed by atoms with Crippen molar-refractivity contribution in [2.45, 2.75) is 32.0 Å². The maximum atomic E-state index is 13.4. The Morgan fingerprint density at radius 3 is 2.76 bits per heavy atom. The molecule has 1 unspecified atom stereocenters. The van der Waals surface area contributed by atoms with Gasteiger partial charge in [-0.1, -0.05) is 11.6 Å². The van der Waals surface area contributed by atoms with Crippen molar-refractivity contribution in [3.63, 3.8) is 0 Å². The minimum atomic E-state index is -0.632. The molecular weight excluding hydrogens is 347 g/mol. The molecule has 1 aromatic carbocycles. The predicted octanol–water partition coefficient (Wildman–Crippen LogP) is 2.19. The van der Waals surface area contributed by atoms with Gasteiger partial charge in [-0.25, -0.2) is 4.39 Å². The molecule has 0 radical (unpaired) electrons. The van der Waals surface area contributed by atoms with Gasteiger partial charge in [0.15, 0.2) is 0 Å². The first-order valence-corrected chi connectivity index (χ1v) is 8.43. The highest BCUT2D eigenvalue weighted by molar-refractivity contribution is 6.31. The molecule has 2 aliphatic rings. The summed E-state index contributed by atoms with van der Waals surface area (Å²) in [6.07, 6.45) is 3.00. The number of primary amides is 1. The predicted molar refractivity (Wildman–Crippen MR) is 89.3 cm³/mol. The Hall–Kier alpha value is -2.41. The third-order valence-corrected chi connectivity index (χ3v) is 5.21. The van der Waals surface area contributed by atoms with Gasteiger partial charge in [0.2, 0.25) is 6.41 Å². The number of hydrogen-bond donors (Lipinski definition) is 1. The molecule has 130 valence electrons. The van der Waals surface area contributed by atoms with Crippen molar-refractivity contribution in [2.24, 2.45) is 11.7 Å². The minimum absolute atomic E-state index is 0.0516. The van der Waals surface area contributed by atoms with E-state index in [4.69, 9.17) is 17.3 Å². The van der Waals surface area contributed by atoms with E-state index in [-0.39, 0.29) is 23.2 Å². The van der Waals surface area contributed by atoms with Gasteiger partial charge in [-0.3, -0.25) is 14.3 Å². The van der Waals surface area contributed by atoms with Crippen LogP contribution in [0.2, 0.25) is 5.02 Å². The van der Waals surface area contributed by atoms with Gasteiger partial charge in [0.25, 0.3) is 5.91 Å². The molecule has 0 saturated heterocycles. The Bertz CT molecular complexity index is 878. The van der Waals surface area contributed by atoms with E-state index in [1.165, 1.54) is 18.2 Å². The van der Waals surface area contributed by atoms with Gasteiger partial charge in [-0.15, -0.1) is 0 Å². The Morgan fingerprint density at radius 1 is 1.40 bits per heavy atom.